The first-order chi connectivity index (χ1) is 18.9. The van der Waals surface area contributed by atoms with Gasteiger partial charge in [-0.25, -0.2) is 4.79 Å². The Kier molecular flexibility index (Phi) is 7.09. The Labute approximate surface area is 238 Å². The third-order valence-electron chi connectivity index (χ3n) is 7.08. The number of hydrogen-bond donors (Lipinski definition) is 2. The summed E-state index contributed by atoms with van der Waals surface area (Å²) in [4.78, 5) is 65.5. The van der Waals surface area contributed by atoms with Crippen molar-refractivity contribution in [3.63, 3.8) is 0 Å². The van der Waals surface area contributed by atoms with E-state index in [-0.39, 0.29) is 16.8 Å². The fourth-order valence-corrected chi connectivity index (χ4v) is 7.81. The molecular formula is C28H28N4O6S2. The molecule has 1 fully saturated rings. The maximum atomic E-state index is 13.4. The number of nitrogens with two attached hydrogens (primary N) is 1. The van der Waals surface area contributed by atoms with E-state index in [1.807, 2.05) is 24.3 Å². The van der Waals surface area contributed by atoms with Gasteiger partial charge in [0.1, 0.15) is 17.5 Å². The van der Waals surface area contributed by atoms with Crippen LogP contribution in [0.1, 0.15) is 42.7 Å². The summed E-state index contributed by atoms with van der Waals surface area (Å²) in [6.07, 6.45) is 0. The number of rotatable bonds is 5. The van der Waals surface area contributed by atoms with E-state index in [0.717, 1.165) is 34.2 Å². The molecule has 1 aromatic heterocycles. The number of amides is 5. The number of hydrogen-bond acceptors (Lipinski definition) is 8. The quantitative estimate of drug-likeness (QED) is 0.440. The fraction of sp³-hybridized carbons (Fsp3) is 0.321. The van der Waals surface area contributed by atoms with E-state index in [9.17, 15) is 24.0 Å². The van der Waals surface area contributed by atoms with E-state index in [1.165, 1.54) is 4.57 Å². The second-order valence-electron chi connectivity index (χ2n) is 10.7. The van der Waals surface area contributed by atoms with Crippen molar-refractivity contribution in [2.45, 2.75) is 48.9 Å². The summed E-state index contributed by atoms with van der Waals surface area (Å²) in [6, 6.07) is 13.3. The van der Waals surface area contributed by atoms with E-state index in [0.29, 0.717) is 26.2 Å². The lowest BCUT2D eigenvalue weighted by molar-refractivity contribution is -0.135. The third kappa shape index (κ3) is 4.81. The lowest BCUT2D eigenvalue weighted by atomic mass is 9.81. The van der Waals surface area contributed by atoms with Crippen molar-refractivity contribution in [3.8, 4) is 5.75 Å². The summed E-state index contributed by atoms with van der Waals surface area (Å²) >= 11 is 1.96. The number of benzene rings is 2. The Morgan fingerprint density at radius 3 is 2.23 bits per heavy atom. The van der Waals surface area contributed by atoms with Crippen molar-refractivity contribution in [3.05, 3.63) is 74.2 Å². The number of anilines is 1. The Bertz CT molecular complexity index is 1570. The Morgan fingerprint density at radius 2 is 1.65 bits per heavy atom. The van der Waals surface area contributed by atoms with Crippen molar-refractivity contribution < 1.29 is 23.9 Å². The number of thiazole rings is 1. The summed E-state index contributed by atoms with van der Waals surface area (Å²) in [6.45, 7) is 5.96. The van der Waals surface area contributed by atoms with Gasteiger partial charge in [-0.1, -0.05) is 68.1 Å². The number of methoxy groups -OCH3 is 1. The molecular weight excluding hydrogens is 552 g/mol. The Morgan fingerprint density at radius 1 is 1.00 bits per heavy atom. The molecule has 2 aliphatic heterocycles. The molecule has 3 aromatic rings. The van der Waals surface area contributed by atoms with Crippen molar-refractivity contribution in [1.82, 2.24) is 9.47 Å². The average Bonchev–Trinajstić information content (AvgIpc) is 3.34. The molecule has 12 heteroatoms. The molecule has 5 rings (SSSR count). The Balaban J connectivity index is 1.54. The number of carbonyl (C=O) groups is 4. The minimum absolute atomic E-state index is 0.109. The molecule has 0 bridgehead atoms. The molecule has 1 saturated heterocycles. The van der Waals surface area contributed by atoms with Crippen molar-refractivity contribution >= 4 is 52.5 Å². The van der Waals surface area contributed by atoms with Crippen LogP contribution in [0.2, 0.25) is 0 Å². The molecule has 208 valence electrons. The van der Waals surface area contributed by atoms with E-state index in [2.05, 4.69) is 26.1 Å². The van der Waals surface area contributed by atoms with Crippen molar-refractivity contribution in [2.75, 3.05) is 12.4 Å². The first kappa shape index (κ1) is 27.7. The summed E-state index contributed by atoms with van der Waals surface area (Å²) in [5.74, 6) is -2.79. The molecule has 0 radical (unpaired) electrons. The third-order valence-corrected chi connectivity index (χ3v) is 9.68. The number of aromatic nitrogens is 1. The zero-order chi connectivity index (χ0) is 28.9. The molecule has 40 heavy (non-hydrogen) atoms. The number of fused-ring (bicyclic) bond motifs is 2. The molecule has 0 saturated carbocycles. The van der Waals surface area contributed by atoms with Crippen LogP contribution in [0.4, 0.5) is 10.5 Å². The van der Waals surface area contributed by atoms with Gasteiger partial charge in [0, 0.05) is 16.5 Å². The number of nitrogens with zero attached hydrogens (tertiary/aromatic N) is 2. The molecule has 2 aliphatic rings. The number of primary amides is 1. The van der Waals surface area contributed by atoms with E-state index < -0.39 is 40.8 Å². The maximum absolute atomic E-state index is 13.4. The van der Waals surface area contributed by atoms with Gasteiger partial charge in [0.2, 0.25) is 11.8 Å². The summed E-state index contributed by atoms with van der Waals surface area (Å²) in [7, 11) is 1.54. The molecule has 3 unspecified atom stereocenters. The number of urea groups is 1. The number of ether oxygens (including phenoxy) is 1. The summed E-state index contributed by atoms with van der Waals surface area (Å²) in [5.41, 5.74) is 7.62. The average molecular weight is 581 g/mol. The van der Waals surface area contributed by atoms with E-state index in [1.54, 1.807) is 31.4 Å². The normalized spacial score (nSPS) is 20.2. The molecule has 5 amide bonds. The highest BCUT2D eigenvalue weighted by Gasteiger charge is 2.57. The summed E-state index contributed by atoms with van der Waals surface area (Å²) in [5, 5.41) is 2.22. The first-order valence-electron chi connectivity index (χ1n) is 12.5. The maximum Gasteiger partial charge on any atom is 0.328 e. The highest BCUT2D eigenvalue weighted by Crippen LogP contribution is 2.53. The lowest BCUT2D eigenvalue weighted by Crippen LogP contribution is -2.41. The predicted octanol–water partition coefficient (Wildman–Crippen LogP) is 3.52. The number of thioether (sulfide) groups is 1. The minimum atomic E-state index is -1.13. The van der Waals surface area contributed by atoms with Crippen LogP contribution in [-0.2, 0) is 26.3 Å². The molecule has 2 aromatic carbocycles. The van der Waals surface area contributed by atoms with Gasteiger partial charge < -0.3 is 15.8 Å². The highest BCUT2D eigenvalue weighted by molar-refractivity contribution is 8.00. The predicted molar refractivity (Wildman–Crippen MR) is 152 cm³/mol. The minimum Gasteiger partial charge on any atom is -0.497 e. The molecule has 0 spiro atoms. The monoisotopic (exact) mass is 580 g/mol. The van der Waals surface area contributed by atoms with Gasteiger partial charge in [0.25, 0.3) is 5.91 Å². The van der Waals surface area contributed by atoms with Crippen LogP contribution in [-0.4, -0.2) is 45.6 Å². The molecule has 10 nitrogen and oxygen atoms in total. The van der Waals surface area contributed by atoms with Crippen molar-refractivity contribution in [2.24, 2.45) is 11.7 Å². The Hall–Kier alpha value is -3.90. The zero-order valence-corrected chi connectivity index (χ0v) is 23.9. The number of imide groups is 3. The van der Waals surface area contributed by atoms with Crippen LogP contribution < -0.4 is 20.7 Å². The molecule has 3 atom stereocenters. The van der Waals surface area contributed by atoms with Gasteiger partial charge in [-0.15, -0.1) is 0 Å². The van der Waals surface area contributed by atoms with Gasteiger partial charge in [-0.2, -0.15) is 4.90 Å². The first-order valence-corrected chi connectivity index (χ1v) is 14.2. The number of likely N-dealkylation sites (tertiary alicyclic amines) is 1. The zero-order valence-electron chi connectivity index (χ0n) is 22.3. The molecule has 0 aliphatic carbocycles. The SMILES string of the molecule is COc1ccc(NC(=O)Cn2c3c(sc2=O)C(c2ccc(C(C)(C)C)cc2)C2C(=O)N(C(N)=O)C(=O)C2S3)cc1. The standard InChI is InChI=1S/C28H28N4O6S2/c1-28(2,3)15-7-5-14(6-8-15)19-20-21(24(35)32(23(20)34)26(29)36)39-25-22(19)40-27(37)31(25)13-18(33)30-16-9-11-17(38-4)12-10-16/h5-12,19-21H,13H2,1-4H3,(H2,29,36)(H,30,33). The van der Waals surface area contributed by atoms with E-state index in [4.69, 9.17) is 10.5 Å². The lowest BCUT2D eigenvalue weighted by Gasteiger charge is -2.31. The van der Waals surface area contributed by atoms with Crippen LogP contribution in [0.15, 0.2) is 58.4 Å². The van der Waals surface area contributed by atoms with Crippen LogP contribution in [0.5, 0.6) is 5.75 Å². The van der Waals surface area contributed by atoms with Crippen LogP contribution >= 0.6 is 23.1 Å². The van der Waals surface area contributed by atoms with Crippen LogP contribution in [0, 0.1) is 5.92 Å². The summed E-state index contributed by atoms with van der Waals surface area (Å²) < 4.78 is 6.46. The van der Waals surface area contributed by atoms with E-state index >= 15 is 0 Å². The second kappa shape index (κ2) is 10.3. The van der Waals surface area contributed by atoms with Gasteiger partial charge in [-0.05, 0) is 40.8 Å². The molecule has 3 N–H and O–H groups in total. The number of carbonyl (C=O) groups excluding carboxylic acids is 4. The fourth-order valence-electron chi connectivity index (χ4n) is 5.04. The number of nitrogens with one attached hydrogen (secondary N) is 1. The highest BCUT2D eigenvalue weighted by atomic mass is 32.2. The van der Waals surface area contributed by atoms with Gasteiger partial charge in [0.15, 0.2) is 0 Å². The van der Waals surface area contributed by atoms with Crippen molar-refractivity contribution in [1.29, 1.82) is 0 Å². The smallest absolute Gasteiger partial charge is 0.328 e. The second-order valence-corrected chi connectivity index (χ2v) is 12.8. The van der Waals surface area contributed by atoms with Gasteiger partial charge >= 0.3 is 10.9 Å². The van der Waals surface area contributed by atoms with Crippen LogP contribution in [0.25, 0.3) is 0 Å². The van der Waals surface area contributed by atoms with Crippen LogP contribution in [0.3, 0.4) is 0 Å². The largest absolute Gasteiger partial charge is 0.497 e. The van der Waals surface area contributed by atoms with Gasteiger partial charge in [0.05, 0.1) is 18.1 Å². The topological polar surface area (TPSA) is 141 Å². The van der Waals surface area contributed by atoms with Gasteiger partial charge in [-0.3, -0.25) is 23.7 Å². The molecule has 3 heterocycles.